The Balaban J connectivity index is 1.43. The van der Waals surface area contributed by atoms with Crippen LogP contribution < -0.4 is 5.32 Å². The van der Waals surface area contributed by atoms with E-state index in [1.807, 2.05) is 6.20 Å². The molecular formula is C20H25N3O. The Hall–Kier alpha value is -1.68. The molecule has 0 bridgehead atoms. The van der Waals surface area contributed by atoms with Gasteiger partial charge in [-0.25, -0.2) is 4.98 Å². The molecule has 1 aliphatic heterocycles. The van der Waals surface area contributed by atoms with Gasteiger partial charge in [-0.1, -0.05) is 19.9 Å². The Bertz CT molecular complexity index is 807. The summed E-state index contributed by atoms with van der Waals surface area (Å²) in [4.78, 5) is 17.5. The molecule has 0 radical (unpaired) electrons. The first-order chi connectivity index (χ1) is 11.6. The average molecular weight is 323 g/mol. The van der Waals surface area contributed by atoms with Gasteiger partial charge in [-0.2, -0.15) is 0 Å². The molecule has 0 aromatic carbocycles. The Morgan fingerprint density at radius 2 is 2.08 bits per heavy atom. The van der Waals surface area contributed by atoms with Crippen molar-refractivity contribution in [1.82, 2.24) is 14.7 Å². The molecule has 3 atom stereocenters. The first kappa shape index (κ1) is 14.6. The number of nitrogens with one attached hydrogen (secondary N) is 1. The molecule has 5 rings (SSSR count). The molecule has 3 fully saturated rings. The molecule has 1 saturated heterocycles. The van der Waals surface area contributed by atoms with Crippen molar-refractivity contribution in [3.8, 4) is 0 Å². The maximum Gasteiger partial charge on any atom is 0.137 e. The van der Waals surface area contributed by atoms with Crippen molar-refractivity contribution in [1.29, 1.82) is 0 Å². The van der Waals surface area contributed by atoms with E-state index in [1.54, 1.807) is 0 Å². The molecule has 0 spiro atoms. The minimum Gasteiger partial charge on any atom is -0.316 e. The number of rotatable bonds is 5. The highest BCUT2D eigenvalue weighted by Crippen LogP contribution is 2.50. The fourth-order valence-electron chi connectivity index (χ4n) is 4.81. The van der Waals surface area contributed by atoms with Crippen molar-refractivity contribution in [2.75, 3.05) is 13.1 Å². The minimum atomic E-state index is -0.226. The fraction of sp³-hybridized carbons (Fsp3) is 0.600. The molecule has 24 heavy (non-hydrogen) atoms. The first-order valence-electron chi connectivity index (χ1n) is 9.26. The van der Waals surface area contributed by atoms with E-state index in [2.05, 4.69) is 41.9 Å². The lowest BCUT2D eigenvalue weighted by Crippen LogP contribution is -2.28. The van der Waals surface area contributed by atoms with Gasteiger partial charge >= 0.3 is 0 Å². The van der Waals surface area contributed by atoms with Gasteiger partial charge in [0.15, 0.2) is 0 Å². The van der Waals surface area contributed by atoms with Crippen LogP contribution in [0.5, 0.6) is 0 Å². The van der Waals surface area contributed by atoms with Crippen LogP contribution in [0.15, 0.2) is 24.5 Å². The summed E-state index contributed by atoms with van der Waals surface area (Å²) in [5.41, 5.74) is 2.42. The second-order valence-corrected chi connectivity index (χ2v) is 8.61. The van der Waals surface area contributed by atoms with E-state index in [-0.39, 0.29) is 5.41 Å². The van der Waals surface area contributed by atoms with Crippen LogP contribution in [-0.2, 0) is 10.2 Å². The van der Waals surface area contributed by atoms with Crippen molar-refractivity contribution in [3.05, 3.63) is 35.9 Å². The lowest BCUT2D eigenvalue weighted by Gasteiger charge is -2.23. The zero-order valence-corrected chi connectivity index (χ0v) is 14.5. The SMILES string of the molecule is CC(C)(CC(=O)C1[C@H]2CNC[C@@H]12)c1ncc2c(C3CC3)cccn12. The van der Waals surface area contributed by atoms with Gasteiger partial charge in [-0.05, 0) is 55.3 Å². The number of fused-ring (bicyclic) bond motifs is 2. The molecule has 3 heterocycles. The smallest absolute Gasteiger partial charge is 0.137 e. The van der Waals surface area contributed by atoms with Gasteiger partial charge in [0, 0.05) is 24.0 Å². The van der Waals surface area contributed by atoms with Gasteiger partial charge in [0.25, 0.3) is 0 Å². The summed E-state index contributed by atoms with van der Waals surface area (Å²) in [5, 5.41) is 3.38. The van der Waals surface area contributed by atoms with Gasteiger partial charge in [-0.15, -0.1) is 0 Å². The number of aromatic nitrogens is 2. The van der Waals surface area contributed by atoms with Crippen LogP contribution >= 0.6 is 0 Å². The highest BCUT2D eigenvalue weighted by atomic mass is 16.1. The number of nitrogens with zero attached hydrogens (tertiary/aromatic N) is 2. The molecule has 3 aliphatic rings. The summed E-state index contributed by atoms with van der Waals surface area (Å²) < 4.78 is 2.22. The summed E-state index contributed by atoms with van der Waals surface area (Å²) >= 11 is 0. The minimum absolute atomic E-state index is 0.226. The van der Waals surface area contributed by atoms with E-state index < -0.39 is 0 Å². The van der Waals surface area contributed by atoms with Crippen molar-refractivity contribution in [2.24, 2.45) is 17.8 Å². The van der Waals surface area contributed by atoms with Crippen LogP contribution in [0, 0.1) is 17.8 Å². The summed E-state index contributed by atoms with van der Waals surface area (Å²) in [6.07, 6.45) is 7.29. The van der Waals surface area contributed by atoms with Crippen molar-refractivity contribution >= 4 is 11.3 Å². The average Bonchev–Trinajstić information content (AvgIpc) is 3.41. The third kappa shape index (κ3) is 2.16. The van der Waals surface area contributed by atoms with Gasteiger partial charge in [0.2, 0.25) is 0 Å². The lowest BCUT2D eigenvalue weighted by molar-refractivity contribution is -0.122. The van der Waals surface area contributed by atoms with Crippen molar-refractivity contribution < 1.29 is 4.79 Å². The topological polar surface area (TPSA) is 46.4 Å². The van der Waals surface area contributed by atoms with E-state index in [1.165, 1.54) is 23.9 Å². The summed E-state index contributed by atoms with van der Waals surface area (Å²) in [5.74, 6) is 3.68. The van der Waals surface area contributed by atoms with Crippen LogP contribution in [0.4, 0.5) is 0 Å². The molecule has 1 N–H and O–H groups in total. The number of hydrogen-bond donors (Lipinski definition) is 1. The zero-order chi connectivity index (χ0) is 16.5. The molecule has 2 aliphatic carbocycles. The first-order valence-corrected chi connectivity index (χ1v) is 9.26. The highest BCUT2D eigenvalue weighted by Gasteiger charge is 2.56. The molecule has 0 amide bonds. The molecule has 2 aromatic rings. The number of hydrogen-bond acceptors (Lipinski definition) is 3. The van der Waals surface area contributed by atoms with Crippen LogP contribution in [0.25, 0.3) is 5.52 Å². The molecule has 2 saturated carbocycles. The number of piperidine rings is 1. The van der Waals surface area contributed by atoms with Crippen LogP contribution in [0.3, 0.4) is 0 Å². The highest BCUT2D eigenvalue weighted by molar-refractivity contribution is 5.85. The predicted octanol–water partition coefficient (Wildman–Crippen LogP) is 2.91. The quantitative estimate of drug-likeness (QED) is 0.920. The summed E-state index contributed by atoms with van der Waals surface area (Å²) in [6.45, 7) is 6.39. The van der Waals surface area contributed by atoms with E-state index in [0.717, 1.165) is 18.9 Å². The molecular weight excluding hydrogens is 298 g/mol. The van der Waals surface area contributed by atoms with Crippen LogP contribution in [0.1, 0.15) is 50.4 Å². The normalized spacial score (nSPS) is 29.0. The largest absolute Gasteiger partial charge is 0.316 e. The molecule has 126 valence electrons. The maximum absolute atomic E-state index is 12.8. The number of carbonyl (C=O) groups is 1. The summed E-state index contributed by atoms with van der Waals surface area (Å²) in [7, 11) is 0. The zero-order valence-electron chi connectivity index (χ0n) is 14.5. The fourth-order valence-corrected chi connectivity index (χ4v) is 4.81. The number of Topliss-reactive ketones (excluding diaryl/α,β-unsaturated/α-hetero) is 1. The van der Waals surface area contributed by atoms with Gasteiger partial charge in [-0.3, -0.25) is 4.79 Å². The number of carbonyl (C=O) groups excluding carboxylic acids is 1. The summed E-state index contributed by atoms with van der Waals surface area (Å²) in [6, 6.07) is 4.36. The van der Waals surface area contributed by atoms with E-state index >= 15 is 0 Å². The Labute approximate surface area is 142 Å². The van der Waals surface area contributed by atoms with Gasteiger partial charge < -0.3 is 9.72 Å². The molecule has 4 nitrogen and oxygen atoms in total. The lowest BCUT2D eigenvalue weighted by atomic mass is 9.84. The van der Waals surface area contributed by atoms with Crippen LogP contribution in [-0.4, -0.2) is 28.3 Å². The monoisotopic (exact) mass is 323 g/mol. The van der Waals surface area contributed by atoms with Gasteiger partial charge in [0.05, 0.1) is 11.7 Å². The van der Waals surface area contributed by atoms with Gasteiger partial charge in [0.1, 0.15) is 11.6 Å². The van der Waals surface area contributed by atoms with Crippen LogP contribution in [0.2, 0.25) is 0 Å². The molecule has 1 unspecified atom stereocenters. The third-order valence-electron chi connectivity index (χ3n) is 6.31. The van der Waals surface area contributed by atoms with E-state index in [4.69, 9.17) is 4.98 Å². The second-order valence-electron chi connectivity index (χ2n) is 8.61. The Kier molecular flexibility index (Phi) is 3.00. The Morgan fingerprint density at radius 1 is 1.33 bits per heavy atom. The third-order valence-corrected chi connectivity index (χ3v) is 6.31. The predicted molar refractivity (Wildman–Crippen MR) is 93.2 cm³/mol. The number of ketones is 1. The van der Waals surface area contributed by atoms with Crippen molar-refractivity contribution in [2.45, 2.75) is 44.4 Å². The molecule has 4 heteroatoms. The standard InChI is InChI=1S/C20H25N3O/c1-20(2,8-17(24)18-14-9-21-10-15(14)18)19-22-11-16-13(12-5-6-12)4-3-7-23(16)19/h3-4,7,11-12,14-15,18,21H,5-6,8-10H2,1-2H3/t14-,15+,18?. The van der Waals surface area contributed by atoms with Crippen molar-refractivity contribution in [3.63, 3.8) is 0 Å². The second kappa shape index (κ2) is 4.92. The molecule has 2 aromatic heterocycles. The maximum atomic E-state index is 12.8. The number of pyridine rings is 1. The number of imidazole rings is 1. The van der Waals surface area contributed by atoms with E-state index in [9.17, 15) is 4.79 Å². The Morgan fingerprint density at radius 3 is 2.79 bits per heavy atom. The van der Waals surface area contributed by atoms with E-state index in [0.29, 0.717) is 35.9 Å².